The van der Waals surface area contributed by atoms with Crippen LogP contribution in [0.1, 0.15) is 29.6 Å². The minimum atomic E-state index is -0.687. The van der Waals surface area contributed by atoms with Crippen LogP contribution in [0.15, 0.2) is 30.6 Å². The number of fused-ring (bicyclic) bond motifs is 1. The number of aliphatic hydroxyl groups is 2. The van der Waals surface area contributed by atoms with Crippen LogP contribution in [0, 0.1) is 5.41 Å². The fraction of sp³-hybridized carbons (Fsp3) is 0.556. The Morgan fingerprint density at radius 1 is 1.48 bits per heavy atom. The summed E-state index contributed by atoms with van der Waals surface area (Å²) in [4.78, 5) is 14.6. The van der Waals surface area contributed by atoms with E-state index < -0.39 is 11.5 Å². The molecule has 0 saturated carbocycles. The number of pyridine rings is 1. The molecule has 0 aliphatic carbocycles. The molecule has 2 aromatic heterocycles. The van der Waals surface area contributed by atoms with Gasteiger partial charge in [-0.05, 0) is 37.5 Å². The number of methoxy groups -OCH3 is 1. The van der Waals surface area contributed by atoms with Gasteiger partial charge in [0, 0.05) is 50.2 Å². The lowest BCUT2D eigenvalue weighted by Gasteiger charge is -2.45. The summed E-state index contributed by atoms with van der Waals surface area (Å²) in [6, 6.07) is 5.41. The number of likely N-dealkylation sites (tertiary alicyclic amines) is 1. The van der Waals surface area contributed by atoms with Crippen LogP contribution in [-0.2, 0) is 4.74 Å². The van der Waals surface area contributed by atoms with Gasteiger partial charge in [-0.2, -0.15) is 5.10 Å². The smallest absolute Gasteiger partial charge is 0.254 e. The quantitative estimate of drug-likeness (QED) is 0.760. The van der Waals surface area contributed by atoms with Gasteiger partial charge in [-0.15, -0.1) is 0 Å². The second-order valence-electron chi connectivity index (χ2n) is 6.76. The molecular weight excluding hydrogens is 322 g/mol. The third kappa shape index (κ3) is 3.53. The van der Waals surface area contributed by atoms with E-state index in [2.05, 4.69) is 5.10 Å². The van der Waals surface area contributed by atoms with Gasteiger partial charge in [0.05, 0.1) is 18.2 Å². The van der Waals surface area contributed by atoms with Crippen molar-refractivity contribution in [2.45, 2.75) is 25.4 Å². The van der Waals surface area contributed by atoms with Gasteiger partial charge in [0.25, 0.3) is 5.91 Å². The molecule has 1 aliphatic heterocycles. The van der Waals surface area contributed by atoms with Crippen molar-refractivity contribution < 1.29 is 19.7 Å². The molecule has 2 N–H and O–H groups in total. The zero-order chi connectivity index (χ0) is 17.9. The molecule has 7 nitrogen and oxygen atoms in total. The molecule has 136 valence electrons. The van der Waals surface area contributed by atoms with Crippen LogP contribution in [0.2, 0.25) is 0 Å². The number of hydrogen-bond acceptors (Lipinski definition) is 5. The highest BCUT2D eigenvalue weighted by molar-refractivity contribution is 5.95. The minimum absolute atomic E-state index is 0.0832. The second kappa shape index (κ2) is 7.51. The van der Waals surface area contributed by atoms with E-state index in [1.807, 2.05) is 12.1 Å². The number of amides is 1. The van der Waals surface area contributed by atoms with Crippen LogP contribution in [0.3, 0.4) is 0 Å². The van der Waals surface area contributed by atoms with Crippen molar-refractivity contribution in [1.82, 2.24) is 14.5 Å². The zero-order valence-electron chi connectivity index (χ0n) is 14.5. The highest BCUT2D eigenvalue weighted by atomic mass is 16.5. The number of rotatable bonds is 6. The van der Waals surface area contributed by atoms with Gasteiger partial charge < -0.3 is 19.8 Å². The lowest BCUT2D eigenvalue weighted by Crippen LogP contribution is -2.55. The number of aliphatic hydroxyl groups excluding tert-OH is 2. The summed E-state index contributed by atoms with van der Waals surface area (Å²) in [5, 5.41) is 24.5. The molecule has 1 amide bonds. The topological polar surface area (TPSA) is 87.3 Å². The molecule has 0 bridgehead atoms. The van der Waals surface area contributed by atoms with Gasteiger partial charge in [-0.25, -0.2) is 4.52 Å². The Morgan fingerprint density at radius 2 is 2.32 bits per heavy atom. The van der Waals surface area contributed by atoms with E-state index in [-0.39, 0.29) is 12.5 Å². The maximum atomic E-state index is 12.9. The molecule has 2 aromatic rings. The molecule has 1 saturated heterocycles. The Bertz CT molecular complexity index is 732. The first-order valence-electron chi connectivity index (χ1n) is 8.60. The molecule has 3 heterocycles. The average Bonchev–Trinajstić information content (AvgIpc) is 3.10. The fourth-order valence-corrected chi connectivity index (χ4v) is 3.61. The SMILES string of the molecule is COCCC[C@@]1(CO)CN(C(=O)c2ccn3nccc3c2)CC[C@H]1O. The largest absolute Gasteiger partial charge is 0.396 e. The maximum Gasteiger partial charge on any atom is 0.254 e. The van der Waals surface area contributed by atoms with E-state index in [9.17, 15) is 15.0 Å². The van der Waals surface area contributed by atoms with Crippen molar-refractivity contribution in [3.05, 3.63) is 36.2 Å². The normalized spacial score (nSPS) is 24.0. The monoisotopic (exact) mass is 347 g/mol. The van der Waals surface area contributed by atoms with Crippen molar-refractivity contribution in [2.24, 2.45) is 5.41 Å². The number of piperidine rings is 1. The van der Waals surface area contributed by atoms with Crippen molar-refractivity contribution >= 4 is 11.4 Å². The Hall–Kier alpha value is -1.96. The number of carbonyl (C=O) groups is 1. The molecule has 0 unspecified atom stereocenters. The summed E-state index contributed by atoms with van der Waals surface area (Å²) in [6.07, 6.45) is 4.65. The molecular formula is C18H25N3O4. The van der Waals surface area contributed by atoms with Crippen molar-refractivity contribution in [1.29, 1.82) is 0 Å². The Morgan fingerprint density at radius 3 is 3.08 bits per heavy atom. The average molecular weight is 347 g/mol. The predicted molar refractivity (Wildman–Crippen MR) is 92.3 cm³/mol. The molecule has 1 fully saturated rings. The molecule has 1 aliphatic rings. The third-order valence-corrected chi connectivity index (χ3v) is 5.16. The van der Waals surface area contributed by atoms with Gasteiger partial charge in [-0.1, -0.05) is 0 Å². The van der Waals surface area contributed by atoms with Crippen LogP contribution < -0.4 is 0 Å². The zero-order valence-corrected chi connectivity index (χ0v) is 14.5. The second-order valence-corrected chi connectivity index (χ2v) is 6.76. The number of ether oxygens (including phenoxy) is 1. The fourth-order valence-electron chi connectivity index (χ4n) is 3.61. The van der Waals surface area contributed by atoms with Crippen LogP contribution >= 0.6 is 0 Å². The first-order valence-corrected chi connectivity index (χ1v) is 8.60. The summed E-state index contributed by atoms with van der Waals surface area (Å²) in [5.74, 6) is -0.0832. The van der Waals surface area contributed by atoms with Crippen LogP contribution in [-0.4, -0.2) is 70.2 Å². The van der Waals surface area contributed by atoms with Gasteiger partial charge in [0.1, 0.15) is 0 Å². The molecule has 0 aromatic carbocycles. The molecule has 7 heteroatoms. The highest BCUT2D eigenvalue weighted by Gasteiger charge is 2.43. The summed E-state index contributed by atoms with van der Waals surface area (Å²) in [5.41, 5.74) is 0.761. The minimum Gasteiger partial charge on any atom is -0.396 e. The Labute approximate surface area is 146 Å². The lowest BCUT2D eigenvalue weighted by molar-refractivity contribution is -0.0745. The van der Waals surface area contributed by atoms with Crippen molar-refractivity contribution in [2.75, 3.05) is 33.4 Å². The van der Waals surface area contributed by atoms with Crippen LogP contribution in [0.5, 0.6) is 0 Å². The van der Waals surface area contributed by atoms with E-state index in [1.54, 1.807) is 35.0 Å². The summed E-state index contributed by atoms with van der Waals surface area (Å²) in [6.45, 7) is 1.25. The summed E-state index contributed by atoms with van der Waals surface area (Å²) in [7, 11) is 1.63. The standard InChI is InChI=1S/C18H25N3O4/c1-25-10-2-6-18(13-22)12-20(8-5-16(18)23)17(24)14-4-9-21-15(11-14)3-7-19-21/h3-4,7,9,11,16,22-23H,2,5-6,8,10,12-13H2,1H3/t16-,18+/m1/s1. The van der Waals surface area contributed by atoms with E-state index in [0.29, 0.717) is 38.1 Å². The van der Waals surface area contributed by atoms with E-state index in [4.69, 9.17) is 4.74 Å². The molecule has 3 rings (SSSR count). The first kappa shape index (κ1) is 17.8. The van der Waals surface area contributed by atoms with E-state index >= 15 is 0 Å². The Kier molecular flexibility index (Phi) is 5.36. The summed E-state index contributed by atoms with van der Waals surface area (Å²) < 4.78 is 6.79. The Balaban J connectivity index is 1.77. The number of nitrogens with zero attached hydrogens (tertiary/aromatic N) is 3. The number of hydrogen-bond donors (Lipinski definition) is 2. The van der Waals surface area contributed by atoms with Gasteiger partial charge >= 0.3 is 0 Å². The molecule has 0 spiro atoms. The van der Waals surface area contributed by atoms with E-state index in [1.165, 1.54) is 0 Å². The molecule has 25 heavy (non-hydrogen) atoms. The number of carbonyl (C=O) groups excluding carboxylic acids is 1. The van der Waals surface area contributed by atoms with E-state index in [0.717, 1.165) is 11.9 Å². The van der Waals surface area contributed by atoms with Crippen LogP contribution in [0.25, 0.3) is 5.52 Å². The van der Waals surface area contributed by atoms with Gasteiger partial charge in [0.2, 0.25) is 0 Å². The summed E-state index contributed by atoms with van der Waals surface area (Å²) >= 11 is 0. The number of aromatic nitrogens is 2. The van der Waals surface area contributed by atoms with Gasteiger partial charge in [-0.3, -0.25) is 4.79 Å². The maximum absolute atomic E-state index is 12.9. The third-order valence-electron chi connectivity index (χ3n) is 5.16. The van der Waals surface area contributed by atoms with Crippen molar-refractivity contribution in [3.63, 3.8) is 0 Å². The molecule has 2 atom stereocenters. The molecule has 0 radical (unpaired) electrons. The first-order chi connectivity index (χ1) is 12.1. The van der Waals surface area contributed by atoms with Crippen LogP contribution in [0.4, 0.5) is 0 Å². The lowest BCUT2D eigenvalue weighted by atomic mass is 9.74. The van der Waals surface area contributed by atoms with Gasteiger partial charge in [0.15, 0.2) is 0 Å². The van der Waals surface area contributed by atoms with Crippen molar-refractivity contribution in [3.8, 4) is 0 Å². The predicted octanol–water partition coefficient (Wildman–Crippen LogP) is 0.946. The highest BCUT2D eigenvalue weighted by Crippen LogP contribution is 2.35.